The maximum Gasteiger partial charge on any atom is 0.124 e. The predicted molar refractivity (Wildman–Crippen MR) is 58.3 cm³/mol. The third-order valence-corrected chi connectivity index (χ3v) is 4.11. The van der Waals surface area contributed by atoms with Gasteiger partial charge in [0.15, 0.2) is 0 Å². The third-order valence-electron chi connectivity index (χ3n) is 1.98. The SMILES string of the molecule is CSc1c(C)sc2cc(F)ccc12. The van der Waals surface area contributed by atoms with Crippen molar-refractivity contribution in [3.63, 3.8) is 0 Å². The molecule has 2 rings (SSSR count). The van der Waals surface area contributed by atoms with E-state index in [4.69, 9.17) is 0 Å². The number of hydrogen-bond donors (Lipinski definition) is 0. The van der Waals surface area contributed by atoms with Gasteiger partial charge in [-0.3, -0.25) is 0 Å². The van der Waals surface area contributed by atoms with E-state index in [2.05, 4.69) is 13.2 Å². The summed E-state index contributed by atoms with van der Waals surface area (Å²) in [6, 6.07) is 4.99. The Morgan fingerprint density at radius 2 is 2.15 bits per heavy atom. The molecular formula is C10H9FS2. The first-order valence-corrected chi connectivity index (χ1v) is 5.99. The van der Waals surface area contributed by atoms with E-state index in [-0.39, 0.29) is 5.82 Å². The van der Waals surface area contributed by atoms with Crippen LogP contribution in [0.4, 0.5) is 4.39 Å². The summed E-state index contributed by atoms with van der Waals surface area (Å²) in [6.45, 7) is 2.08. The number of halogens is 1. The van der Waals surface area contributed by atoms with E-state index < -0.39 is 0 Å². The van der Waals surface area contributed by atoms with Crippen LogP contribution in [0.15, 0.2) is 23.1 Å². The van der Waals surface area contributed by atoms with Crippen LogP contribution >= 0.6 is 23.1 Å². The molecule has 0 unspecified atom stereocenters. The lowest BCUT2D eigenvalue weighted by Gasteiger charge is -1.94. The van der Waals surface area contributed by atoms with E-state index >= 15 is 0 Å². The second kappa shape index (κ2) is 3.31. The summed E-state index contributed by atoms with van der Waals surface area (Å²) in [7, 11) is 0. The highest BCUT2D eigenvalue weighted by Gasteiger charge is 2.07. The molecule has 68 valence electrons. The lowest BCUT2D eigenvalue weighted by molar-refractivity contribution is 0.630. The molecule has 0 amide bonds. The van der Waals surface area contributed by atoms with Crippen LogP contribution in [-0.2, 0) is 0 Å². The van der Waals surface area contributed by atoms with Gasteiger partial charge in [0.05, 0.1) is 0 Å². The van der Waals surface area contributed by atoms with Gasteiger partial charge in [0, 0.05) is 19.9 Å². The van der Waals surface area contributed by atoms with Gasteiger partial charge >= 0.3 is 0 Å². The highest BCUT2D eigenvalue weighted by atomic mass is 32.2. The van der Waals surface area contributed by atoms with E-state index in [0.29, 0.717) is 0 Å². The molecule has 0 spiro atoms. The zero-order valence-electron chi connectivity index (χ0n) is 7.43. The van der Waals surface area contributed by atoms with Crippen molar-refractivity contribution in [3.8, 4) is 0 Å². The minimum Gasteiger partial charge on any atom is -0.207 e. The Bertz CT molecular complexity index is 445. The molecule has 1 aromatic carbocycles. The molecule has 0 nitrogen and oxygen atoms in total. The fourth-order valence-corrected chi connectivity index (χ4v) is 3.53. The molecule has 0 bridgehead atoms. The minimum atomic E-state index is -0.151. The second-order valence-electron chi connectivity index (χ2n) is 2.83. The normalized spacial score (nSPS) is 11.0. The van der Waals surface area contributed by atoms with Gasteiger partial charge in [-0.15, -0.1) is 23.1 Å². The Kier molecular flexibility index (Phi) is 2.30. The molecule has 0 saturated carbocycles. The highest BCUT2D eigenvalue weighted by Crippen LogP contribution is 2.36. The first kappa shape index (κ1) is 9.03. The average molecular weight is 212 g/mol. The van der Waals surface area contributed by atoms with Gasteiger partial charge in [-0.25, -0.2) is 4.39 Å². The molecule has 0 aliphatic heterocycles. The van der Waals surface area contributed by atoms with E-state index in [0.717, 1.165) is 4.70 Å². The molecule has 0 aliphatic carbocycles. The zero-order valence-corrected chi connectivity index (χ0v) is 9.06. The van der Waals surface area contributed by atoms with Gasteiger partial charge in [-0.05, 0) is 31.4 Å². The van der Waals surface area contributed by atoms with Crippen molar-refractivity contribution in [2.45, 2.75) is 11.8 Å². The van der Waals surface area contributed by atoms with Crippen molar-refractivity contribution in [2.24, 2.45) is 0 Å². The minimum absolute atomic E-state index is 0.151. The molecule has 0 radical (unpaired) electrons. The predicted octanol–water partition coefficient (Wildman–Crippen LogP) is 4.07. The van der Waals surface area contributed by atoms with Gasteiger partial charge in [0.1, 0.15) is 5.82 Å². The Morgan fingerprint density at radius 3 is 2.85 bits per heavy atom. The Hall–Kier alpha value is -0.540. The monoisotopic (exact) mass is 212 g/mol. The first-order valence-electron chi connectivity index (χ1n) is 3.95. The Morgan fingerprint density at radius 1 is 1.38 bits per heavy atom. The van der Waals surface area contributed by atoms with Crippen LogP contribution in [-0.4, -0.2) is 6.26 Å². The zero-order chi connectivity index (χ0) is 9.42. The molecule has 13 heavy (non-hydrogen) atoms. The van der Waals surface area contributed by atoms with Gasteiger partial charge in [-0.1, -0.05) is 0 Å². The van der Waals surface area contributed by atoms with Crippen LogP contribution in [0, 0.1) is 12.7 Å². The van der Waals surface area contributed by atoms with Crippen molar-refractivity contribution in [1.29, 1.82) is 0 Å². The summed E-state index contributed by atoms with van der Waals surface area (Å²) >= 11 is 3.38. The quantitative estimate of drug-likeness (QED) is 0.642. The van der Waals surface area contributed by atoms with E-state index in [1.807, 2.05) is 6.07 Å². The van der Waals surface area contributed by atoms with Crippen LogP contribution < -0.4 is 0 Å². The van der Waals surface area contributed by atoms with Crippen LogP contribution in [0.1, 0.15) is 4.88 Å². The standard InChI is InChI=1S/C10H9FS2/c1-6-10(12-2)8-4-3-7(11)5-9(8)13-6/h3-5H,1-2H3. The Balaban J connectivity index is 2.79. The molecule has 0 fully saturated rings. The van der Waals surface area contributed by atoms with Crippen molar-refractivity contribution in [1.82, 2.24) is 0 Å². The molecule has 0 saturated heterocycles. The van der Waals surface area contributed by atoms with Gasteiger partial charge in [0.25, 0.3) is 0 Å². The molecular weight excluding hydrogens is 203 g/mol. The molecule has 0 N–H and O–H groups in total. The van der Waals surface area contributed by atoms with Gasteiger partial charge < -0.3 is 0 Å². The molecule has 0 aliphatic rings. The molecule has 1 aromatic heterocycles. The number of benzene rings is 1. The van der Waals surface area contributed by atoms with E-state index in [9.17, 15) is 4.39 Å². The fraction of sp³-hybridized carbons (Fsp3) is 0.200. The number of thiophene rings is 1. The number of rotatable bonds is 1. The number of thioether (sulfide) groups is 1. The fourth-order valence-electron chi connectivity index (χ4n) is 1.42. The van der Waals surface area contributed by atoms with Crippen molar-refractivity contribution in [2.75, 3.05) is 6.26 Å². The summed E-state index contributed by atoms with van der Waals surface area (Å²) in [5.74, 6) is -0.151. The summed E-state index contributed by atoms with van der Waals surface area (Å²) < 4.78 is 13.9. The molecule has 1 heterocycles. The summed E-state index contributed by atoms with van der Waals surface area (Å²) in [6.07, 6.45) is 2.05. The highest BCUT2D eigenvalue weighted by molar-refractivity contribution is 7.99. The smallest absolute Gasteiger partial charge is 0.124 e. The van der Waals surface area contributed by atoms with Gasteiger partial charge in [-0.2, -0.15) is 0 Å². The van der Waals surface area contributed by atoms with Crippen LogP contribution in [0.2, 0.25) is 0 Å². The van der Waals surface area contributed by atoms with Crippen LogP contribution in [0.5, 0.6) is 0 Å². The van der Waals surface area contributed by atoms with Gasteiger partial charge in [0.2, 0.25) is 0 Å². The molecule has 0 atom stereocenters. The third kappa shape index (κ3) is 1.46. The number of fused-ring (bicyclic) bond motifs is 1. The van der Waals surface area contributed by atoms with Crippen LogP contribution in [0.3, 0.4) is 0 Å². The largest absolute Gasteiger partial charge is 0.207 e. The maximum atomic E-state index is 12.9. The Labute approximate surface area is 84.8 Å². The first-order chi connectivity index (χ1) is 6.22. The van der Waals surface area contributed by atoms with Crippen molar-refractivity contribution < 1.29 is 4.39 Å². The lowest BCUT2D eigenvalue weighted by Crippen LogP contribution is -1.72. The molecule has 3 heteroatoms. The average Bonchev–Trinajstić information content (AvgIpc) is 2.39. The number of hydrogen-bond acceptors (Lipinski definition) is 2. The van der Waals surface area contributed by atoms with Crippen molar-refractivity contribution in [3.05, 3.63) is 28.9 Å². The summed E-state index contributed by atoms with van der Waals surface area (Å²) in [5.41, 5.74) is 0. The van der Waals surface area contributed by atoms with E-state index in [1.54, 1.807) is 29.2 Å². The second-order valence-corrected chi connectivity index (χ2v) is 4.90. The maximum absolute atomic E-state index is 12.9. The van der Waals surface area contributed by atoms with Crippen molar-refractivity contribution >= 4 is 33.2 Å². The van der Waals surface area contributed by atoms with Crippen LogP contribution in [0.25, 0.3) is 10.1 Å². The topological polar surface area (TPSA) is 0 Å². The summed E-state index contributed by atoms with van der Waals surface area (Å²) in [4.78, 5) is 2.55. The molecule has 2 aromatic rings. The summed E-state index contributed by atoms with van der Waals surface area (Å²) in [5, 5.41) is 1.18. The number of aryl methyl sites for hydroxylation is 1. The lowest BCUT2D eigenvalue weighted by atomic mass is 10.2. The van der Waals surface area contributed by atoms with E-state index in [1.165, 1.54) is 21.2 Å².